The monoisotopic (exact) mass is 307 g/mol. The Labute approximate surface area is 128 Å². The van der Waals surface area contributed by atoms with Crippen LogP contribution < -0.4 is 14.8 Å². The average Bonchev–Trinajstić information content (AvgIpc) is 2.93. The standard InChI is InChI=1S/C15H18ClN3O2/c1-2-3-19-10-17-8-11(19)9-18-13-7-15-14(6-12(13)16)20-4-5-21-15/h6-8,10,18H,2-5,9H2,1H3. The zero-order valence-corrected chi connectivity index (χ0v) is 12.7. The van der Waals surface area contributed by atoms with Crippen LogP contribution >= 0.6 is 11.6 Å². The molecule has 1 aliphatic rings. The lowest BCUT2D eigenvalue weighted by molar-refractivity contribution is 0.171. The van der Waals surface area contributed by atoms with Crippen molar-refractivity contribution in [1.29, 1.82) is 0 Å². The van der Waals surface area contributed by atoms with Gasteiger partial charge in [0.05, 0.1) is 29.3 Å². The third-order valence-corrected chi connectivity index (χ3v) is 3.67. The number of fused-ring (bicyclic) bond motifs is 1. The van der Waals surface area contributed by atoms with E-state index in [1.54, 1.807) is 6.07 Å². The predicted octanol–water partition coefficient (Wildman–Crippen LogP) is 3.33. The molecule has 0 radical (unpaired) electrons. The van der Waals surface area contributed by atoms with Gasteiger partial charge in [-0.05, 0) is 6.42 Å². The van der Waals surface area contributed by atoms with Gasteiger partial charge in [-0.2, -0.15) is 0 Å². The van der Waals surface area contributed by atoms with Crippen molar-refractivity contribution >= 4 is 17.3 Å². The van der Waals surface area contributed by atoms with Crippen LogP contribution in [0.15, 0.2) is 24.7 Å². The minimum atomic E-state index is 0.562. The van der Waals surface area contributed by atoms with Gasteiger partial charge in [-0.15, -0.1) is 0 Å². The number of aromatic nitrogens is 2. The van der Waals surface area contributed by atoms with E-state index in [9.17, 15) is 0 Å². The number of aryl methyl sites for hydroxylation is 1. The molecule has 0 bridgehead atoms. The third-order valence-electron chi connectivity index (χ3n) is 3.35. The van der Waals surface area contributed by atoms with E-state index in [0.717, 1.165) is 30.1 Å². The predicted molar refractivity (Wildman–Crippen MR) is 82.3 cm³/mol. The molecule has 0 amide bonds. The number of benzene rings is 1. The Morgan fingerprint density at radius 2 is 2.05 bits per heavy atom. The summed E-state index contributed by atoms with van der Waals surface area (Å²) in [6.45, 7) is 4.91. The Kier molecular flexibility index (Phi) is 4.20. The molecule has 0 spiro atoms. The van der Waals surface area contributed by atoms with Gasteiger partial charge in [-0.1, -0.05) is 18.5 Å². The fourth-order valence-electron chi connectivity index (χ4n) is 2.32. The van der Waals surface area contributed by atoms with Gasteiger partial charge in [0, 0.05) is 24.9 Å². The van der Waals surface area contributed by atoms with Gasteiger partial charge >= 0.3 is 0 Å². The number of imidazole rings is 1. The second-order valence-electron chi connectivity index (χ2n) is 4.91. The van der Waals surface area contributed by atoms with Crippen molar-refractivity contribution < 1.29 is 9.47 Å². The largest absolute Gasteiger partial charge is 0.486 e. The molecule has 5 nitrogen and oxygen atoms in total. The smallest absolute Gasteiger partial charge is 0.163 e. The minimum Gasteiger partial charge on any atom is -0.486 e. The van der Waals surface area contributed by atoms with Gasteiger partial charge in [0.25, 0.3) is 0 Å². The van der Waals surface area contributed by atoms with E-state index in [0.29, 0.717) is 30.5 Å². The third kappa shape index (κ3) is 3.08. The number of hydrogen-bond donors (Lipinski definition) is 1. The zero-order chi connectivity index (χ0) is 14.7. The van der Waals surface area contributed by atoms with Crippen molar-refractivity contribution in [3.05, 3.63) is 35.4 Å². The molecule has 0 unspecified atom stereocenters. The van der Waals surface area contributed by atoms with E-state index in [1.165, 1.54) is 0 Å². The number of nitrogens with one attached hydrogen (secondary N) is 1. The fraction of sp³-hybridized carbons (Fsp3) is 0.400. The second-order valence-corrected chi connectivity index (χ2v) is 5.31. The Balaban J connectivity index is 1.74. The van der Waals surface area contributed by atoms with Gasteiger partial charge in [0.15, 0.2) is 11.5 Å². The molecule has 3 rings (SSSR count). The highest BCUT2D eigenvalue weighted by Gasteiger charge is 2.15. The lowest BCUT2D eigenvalue weighted by atomic mass is 10.2. The summed E-state index contributed by atoms with van der Waals surface area (Å²) in [5.41, 5.74) is 1.97. The molecule has 1 N–H and O–H groups in total. The molecule has 0 saturated heterocycles. The summed E-state index contributed by atoms with van der Waals surface area (Å²) in [6.07, 6.45) is 4.80. The van der Waals surface area contributed by atoms with Crippen LogP contribution in [-0.4, -0.2) is 22.8 Å². The van der Waals surface area contributed by atoms with Crippen LogP contribution in [0.1, 0.15) is 19.0 Å². The molecule has 21 heavy (non-hydrogen) atoms. The summed E-state index contributed by atoms with van der Waals surface area (Å²) in [4.78, 5) is 4.19. The topological polar surface area (TPSA) is 48.3 Å². The summed E-state index contributed by atoms with van der Waals surface area (Å²) in [5, 5.41) is 3.96. The van der Waals surface area contributed by atoms with E-state index in [1.807, 2.05) is 18.6 Å². The van der Waals surface area contributed by atoms with Crippen molar-refractivity contribution in [2.24, 2.45) is 0 Å². The summed E-state index contributed by atoms with van der Waals surface area (Å²) in [6, 6.07) is 3.68. The first-order valence-corrected chi connectivity index (χ1v) is 7.47. The van der Waals surface area contributed by atoms with E-state index in [2.05, 4.69) is 21.8 Å². The number of nitrogens with zero attached hydrogens (tertiary/aromatic N) is 2. The molecular formula is C15H18ClN3O2. The molecule has 1 aliphatic heterocycles. The van der Waals surface area contributed by atoms with Crippen molar-refractivity contribution in [2.75, 3.05) is 18.5 Å². The van der Waals surface area contributed by atoms with Gasteiger partial charge in [-0.25, -0.2) is 4.98 Å². The molecule has 2 aromatic rings. The van der Waals surface area contributed by atoms with Crippen LogP contribution in [0.25, 0.3) is 0 Å². The molecule has 1 aromatic heterocycles. The zero-order valence-electron chi connectivity index (χ0n) is 11.9. The van der Waals surface area contributed by atoms with Crippen LogP contribution in [0.4, 0.5) is 5.69 Å². The minimum absolute atomic E-state index is 0.562. The molecule has 0 fully saturated rings. The summed E-state index contributed by atoms with van der Waals surface area (Å²) >= 11 is 6.28. The molecule has 0 saturated carbocycles. The van der Waals surface area contributed by atoms with Gasteiger partial charge < -0.3 is 19.4 Å². The Bertz CT molecular complexity index is 627. The number of halogens is 1. The molecule has 0 atom stereocenters. The molecule has 2 heterocycles. The Morgan fingerprint density at radius 3 is 2.81 bits per heavy atom. The van der Waals surface area contributed by atoms with Gasteiger partial charge in [0.2, 0.25) is 0 Å². The lowest BCUT2D eigenvalue weighted by Gasteiger charge is -2.20. The van der Waals surface area contributed by atoms with E-state index < -0.39 is 0 Å². The lowest BCUT2D eigenvalue weighted by Crippen LogP contribution is -2.15. The van der Waals surface area contributed by atoms with Crippen molar-refractivity contribution in [3.8, 4) is 11.5 Å². The highest BCUT2D eigenvalue weighted by Crippen LogP contribution is 2.38. The number of anilines is 1. The van der Waals surface area contributed by atoms with E-state index in [4.69, 9.17) is 21.1 Å². The van der Waals surface area contributed by atoms with Crippen LogP contribution in [0.2, 0.25) is 5.02 Å². The normalized spacial score (nSPS) is 13.2. The first kappa shape index (κ1) is 14.1. The van der Waals surface area contributed by atoms with E-state index >= 15 is 0 Å². The molecule has 6 heteroatoms. The second kappa shape index (κ2) is 6.26. The Morgan fingerprint density at radius 1 is 1.29 bits per heavy atom. The average molecular weight is 308 g/mol. The summed E-state index contributed by atoms with van der Waals surface area (Å²) in [7, 11) is 0. The maximum Gasteiger partial charge on any atom is 0.163 e. The first-order chi connectivity index (χ1) is 10.3. The van der Waals surface area contributed by atoms with E-state index in [-0.39, 0.29) is 0 Å². The number of ether oxygens (including phenoxy) is 2. The van der Waals surface area contributed by atoms with Gasteiger partial charge in [0.1, 0.15) is 13.2 Å². The van der Waals surface area contributed by atoms with Crippen molar-refractivity contribution in [1.82, 2.24) is 9.55 Å². The fourth-order valence-corrected chi connectivity index (χ4v) is 2.54. The quantitative estimate of drug-likeness (QED) is 0.920. The molecule has 1 aromatic carbocycles. The van der Waals surface area contributed by atoms with Crippen LogP contribution in [0.5, 0.6) is 11.5 Å². The maximum absolute atomic E-state index is 6.28. The molecule has 0 aliphatic carbocycles. The SMILES string of the molecule is CCCn1cncc1CNc1cc2c(cc1Cl)OCCO2. The van der Waals surface area contributed by atoms with Crippen LogP contribution in [-0.2, 0) is 13.1 Å². The maximum atomic E-state index is 6.28. The highest BCUT2D eigenvalue weighted by molar-refractivity contribution is 6.33. The number of rotatable bonds is 5. The number of hydrogen-bond acceptors (Lipinski definition) is 4. The first-order valence-electron chi connectivity index (χ1n) is 7.10. The van der Waals surface area contributed by atoms with Crippen LogP contribution in [0.3, 0.4) is 0 Å². The summed E-state index contributed by atoms with van der Waals surface area (Å²) < 4.78 is 13.2. The van der Waals surface area contributed by atoms with Crippen LogP contribution in [0, 0.1) is 0 Å². The molecular weight excluding hydrogens is 290 g/mol. The Hall–Kier alpha value is -1.88. The molecule has 112 valence electrons. The summed E-state index contributed by atoms with van der Waals surface area (Å²) in [5.74, 6) is 1.43. The van der Waals surface area contributed by atoms with Crippen molar-refractivity contribution in [2.45, 2.75) is 26.4 Å². The van der Waals surface area contributed by atoms with Gasteiger partial charge in [-0.3, -0.25) is 0 Å². The highest BCUT2D eigenvalue weighted by atomic mass is 35.5. The van der Waals surface area contributed by atoms with Crippen molar-refractivity contribution in [3.63, 3.8) is 0 Å².